The summed E-state index contributed by atoms with van der Waals surface area (Å²) in [7, 11) is 0. The maximum atomic E-state index is 11.4. The third-order valence-corrected chi connectivity index (χ3v) is 2.52. The maximum Gasteiger partial charge on any atom is 0.332 e. The van der Waals surface area contributed by atoms with Crippen molar-refractivity contribution < 1.29 is 14.3 Å². The van der Waals surface area contributed by atoms with Gasteiger partial charge in [-0.1, -0.05) is 0 Å². The van der Waals surface area contributed by atoms with Gasteiger partial charge in [-0.3, -0.25) is 0 Å². The van der Waals surface area contributed by atoms with Gasteiger partial charge < -0.3 is 15.2 Å². The van der Waals surface area contributed by atoms with Gasteiger partial charge in [0, 0.05) is 6.04 Å². The second-order valence-electron chi connectivity index (χ2n) is 5.45. The van der Waals surface area contributed by atoms with Crippen LogP contribution >= 0.6 is 0 Å². The highest BCUT2D eigenvalue weighted by molar-refractivity contribution is 5.71. The monoisotopic (exact) mass is 229 g/mol. The van der Waals surface area contributed by atoms with Gasteiger partial charge in [0.1, 0.15) is 12.2 Å². The molecule has 1 aliphatic carbocycles. The number of carbonyl (C=O) groups excluding carboxylic acids is 1. The summed E-state index contributed by atoms with van der Waals surface area (Å²) in [6.07, 6.45) is 4.11. The summed E-state index contributed by atoms with van der Waals surface area (Å²) in [5, 5.41) is 0. The largest absolute Gasteiger partial charge is 0.458 e. The molecule has 1 rings (SSSR count). The zero-order valence-electron chi connectivity index (χ0n) is 10.5. The third kappa shape index (κ3) is 5.47. The fraction of sp³-hybridized carbons (Fsp3) is 0.917. The topological polar surface area (TPSA) is 61.5 Å². The molecule has 0 bridgehead atoms. The van der Waals surface area contributed by atoms with Crippen molar-refractivity contribution in [1.82, 2.24) is 0 Å². The van der Waals surface area contributed by atoms with E-state index in [0.29, 0.717) is 0 Å². The van der Waals surface area contributed by atoms with E-state index >= 15 is 0 Å². The molecule has 1 fully saturated rings. The first kappa shape index (κ1) is 13.5. The van der Waals surface area contributed by atoms with Crippen molar-refractivity contribution in [2.75, 3.05) is 6.61 Å². The minimum absolute atomic E-state index is 0.0364. The molecular weight excluding hydrogens is 206 g/mol. The van der Waals surface area contributed by atoms with Crippen LogP contribution in [0, 0.1) is 0 Å². The smallest absolute Gasteiger partial charge is 0.332 e. The SMILES string of the molecule is CC(C)(C)OC(=O)CO[C@@H]1CCC[C@@H](N)C1. The Hall–Kier alpha value is -0.610. The Bertz CT molecular complexity index is 235. The van der Waals surface area contributed by atoms with Crippen LogP contribution in [-0.4, -0.2) is 30.3 Å². The minimum atomic E-state index is -0.441. The summed E-state index contributed by atoms with van der Waals surface area (Å²) in [6.45, 7) is 5.58. The van der Waals surface area contributed by atoms with Crippen molar-refractivity contribution in [3.05, 3.63) is 0 Å². The number of ether oxygens (including phenoxy) is 2. The molecule has 0 radical (unpaired) electrons. The van der Waals surface area contributed by atoms with Crippen LogP contribution in [0.15, 0.2) is 0 Å². The fourth-order valence-corrected chi connectivity index (χ4v) is 1.89. The quantitative estimate of drug-likeness (QED) is 0.747. The molecule has 94 valence electrons. The van der Waals surface area contributed by atoms with Gasteiger partial charge in [0.15, 0.2) is 0 Å². The van der Waals surface area contributed by atoms with Crippen LogP contribution in [0.3, 0.4) is 0 Å². The lowest BCUT2D eigenvalue weighted by molar-refractivity contribution is -0.162. The Morgan fingerprint density at radius 2 is 2.06 bits per heavy atom. The number of hydrogen-bond acceptors (Lipinski definition) is 4. The highest BCUT2D eigenvalue weighted by Crippen LogP contribution is 2.19. The number of esters is 1. The van der Waals surface area contributed by atoms with Crippen molar-refractivity contribution in [1.29, 1.82) is 0 Å². The van der Waals surface area contributed by atoms with Gasteiger partial charge >= 0.3 is 5.97 Å². The molecule has 0 heterocycles. The predicted molar refractivity (Wildman–Crippen MR) is 62.0 cm³/mol. The van der Waals surface area contributed by atoms with Crippen LogP contribution in [-0.2, 0) is 14.3 Å². The van der Waals surface area contributed by atoms with E-state index in [1.807, 2.05) is 20.8 Å². The van der Waals surface area contributed by atoms with E-state index in [1.54, 1.807) is 0 Å². The van der Waals surface area contributed by atoms with Crippen molar-refractivity contribution in [2.24, 2.45) is 5.73 Å². The van der Waals surface area contributed by atoms with Crippen molar-refractivity contribution >= 4 is 5.97 Å². The lowest BCUT2D eigenvalue weighted by atomic mass is 9.94. The Morgan fingerprint density at radius 1 is 1.38 bits per heavy atom. The first-order chi connectivity index (χ1) is 7.37. The molecule has 2 N–H and O–H groups in total. The normalized spacial score (nSPS) is 26.5. The molecule has 0 saturated heterocycles. The van der Waals surface area contributed by atoms with Gasteiger partial charge in [0.2, 0.25) is 0 Å². The van der Waals surface area contributed by atoms with Crippen LogP contribution in [0.4, 0.5) is 0 Å². The summed E-state index contributed by atoms with van der Waals surface area (Å²) >= 11 is 0. The number of nitrogens with two attached hydrogens (primary N) is 1. The molecule has 1 aliphatic rings. The summed E-state index contributed by atoms with van der Waals surface area (Å²) in [6, 6.07) is 0.220. The van der Waals surface area contributed by atoms with Crippen LogP contribution in [0.25, 0.3) is 0 Å². The fourth-order valence-electron chi connectivity index (χ4n) is 1.89. The summed E-state index contributed by atoms with van der Waals surface area (Å²) in [4.78, 5) is 11.4. The van der Waals surface area contributed by atoms with Gasteiger partial charge in [-0.15, -0.1) is 0 Å². The van der Waals surface area contributed by atoms with Gasteiger partial charge in [-0.05, 0) is 46.5 Å². The Kier molecular flexibility index (Phi) is 4.74. The van der Waals surface area contributed by atoms with E-state index in [4.69, 9.17) is 15.2 Å². The molecule has 0 aromatic carbocycles. The van der Waals surface area contributed by atoms with E-state index in [1.165, 1.54) is 0 Å². The molecule has 0 spiro atoms. The molecule has 16 heavy (non-hydrogen) atoms. The Morgan fingerprint density at radius 3 is 2.62 bits per heavy atom. The molecule has 1 saturated carbocycles. The van der Waals surface area contributed by atoms with E-state index in [-0.39, 0.29) is 24.7 Å². The number of carbonyl (C=O) groups is 1. The molecule has 4 heteroatoms. The molecule has 0 aromatic rings. The highest BCUT2D eigenvalue weighted by atomic mass is 16.6. The second kappa shape index (κ2) is 5.64. The van der Waals surface area contributed by atoms with Crippen LogP contribution < -0.4 is 5.73 Å². The first-order valence-corrected chi connectivity index (χ1v) is 5.96. The van der Waals surface area contributed by atoms with Gasteiger partial charge in [0.05, 0.1) is 6.10 Å². The summed E-state index contributed by atoms with van der Waals surface area (Å²) in [5.74, 6) is -0.299. The molecule has 2 atom stereocenters. The Labute approximate surface area is 97.5 Å². The Balaban J connectivity index is 2.21. The molecular formula is C12H23NO3. The van der Waals surface area contributed by atoms with Gasteiger partial charge in [-0.25, -0.2) is 4.79 Å². The number of hydrogen-bond donors (Lipinski definition) is 1. The highest BCUT2D eigenvalue weighted by Gasteiger charge is 2.22. The van der Waals surface area contributed by atoms with E-state index in [0.717, 1.165) is 25.7 Å². The molecule has 0 aromatic heterocycles. The predicted octanol–water partition coefficient (Wildman–Crippen LogP) is 1.61. The van der Waals surface area contributed by atoms with Gasteiger partial charge in [-0.2, -0.15) is 0 Å². The summed E-state index contributed by atoms with van der Waals surface area (Å²) < 4.78 is 10.7. The van der Waals surface area contributed by atoms with Crippen LogP contribution in [0.1, 0.15) is 46.5 Å². The molecule has 0 amide bonds. The average molecular weight is 229 g/mol. The van der Waals surface area contributed by atoms with E-state index in [9.17, 15) is 4.79 Å². The van der Waals surface area contributed by atoms with Crippen molar-refractivity contribution in [3.63, 3.8) is 0 Å². The molecule has 4 nitrogen and oxygen atoms in total. The average Bonchev–Trinajstić information content (AvgIpc) is 2.12. The van der Waals surface area contributed by atoms with Gasteiger partial charge in [0.25, 0.3) is 0 Å². The first-order valence-electron chi connectivity index (χ1n) is 5.96. The number of rotatable bonds is 3. The summed E-state index contributed by atoms with van der Waals surface area (Å²) in [5.41, 5.74) is 5.40. The van der Waals surface area contributed by atoms with Crippen molar-refractivity contribution in [2.45, 2.75) is 64.2 Å². The van der Waals surface area contributed by atoms with Crippen molar-refractivity contribution in [3.8, 4) is 0 Å². The van der Waals surface area contributed by atoms with Crippen LogP contribution in [0.2, 0.25) is 0 Å². The lowest BCUT2D eigenvalue weighted by Gasteiger charge is -2.27. The lowest BCUT2D eigenvalue weighted by Crippen LogP contribution is -2.34. The molecule has 0 aliphatic heterocycles. The molecule has 0 unspecified atom stereocenters. The van der Waals surface area contributed by atoms with E-state index < -0.39 is 5.60 Å². The maximum absolute atomic E-state index is 11.4. The minimum Gasteiger partial charge on any atom is -0.458 e. The zero-order valence-corrected chi connectivity index (χ0v) is 10.5. The van der Waals surface area contributed by atoms with E-state index in [2.05, 4.69) is 0 Å². The zero-order chi connectivity index (χ0) is 12.2. The second-order valence-corrected chi connectivity index (χ2v) is 5.45. The third-order valence-electron chi connectivity index (χ3n) is 2.52. The standard InChI is InChI=1S/C12H23NO3/c1-12(2,3)16-11(14)8-15-10-6-4-5-9(13)7-10/h9-10H,4-8,13H2,1-3H3/t9-,10-/m1/s1. The van der Waals surface area contributed by atoms with Crippen LogP contribution in [0.5, 0.6) is 0 Å².